The van der Waals surface area contributed by atoms with E-state index in [-0.39, 0.29) is 7.05 Å². The average molecular weight is 418 g/mol. The van der Waals surface area contributed by atoms with Gasteiger partial charge in [-0.15, -0.1) is 0 Å². The van der Waals surface area contributed by atoms with E-state index in [0.29, 0.717) is 0 Å². The van der Waals surface area contributed by atoms with Crippen molar-refractivity contribution < 1.29 is 43.2 Å². The quantitative estimate of drug-likeness (QED) is 0.473. The lowest BCUT2D eigenvalue weighted by molar-refractivity contribution is -0.249. The summed E-state index contributed by atoms with van der Waals surface area (Å²) in [6.45, 7) is 0. The summed E-state index contributed by atoms with van der Waals surface area (Å²) in [6, 6.07) is 9.96. The molecule has 0 atom stereocenters. The van der Waals surface area contributed by atoms with E-state index < -0.39 is 40.2 Å². The Kier molecular flexibility index (Phi) is 5.32. The first-order valence-electron chi connectivity index (χ1n) is 5.68. The predicted molar refractivity (Wildman–Crippen MR) is 75.3 cm³/mol. The van der Waals surface area contributed by atoms with E-state index in [4.69, 9.17) is 0 Å². The van der Waals surface area contributed by atoms with Crippen molar-refractivity contribution in [2.24, 2.45) is 0 Å². The highest BCUT2D eigenvalue weighted by Crippen LogP contribution is 2.56. The summed E-state index contributed by atoms with van der Waals surface area (Å²) in [5.41, 5.74) is 0. The second-order valence-corrected chi connectivity index (χ2v) is 9.19. The minimum absolute atomic E-state index is 0.179. The predicted octanol–water partition coefficient (Wildman–Crippen LogP) is 1.47. The van der Waals surface area contributed by atoms with Crippen molar-refractivity contribution in [2.75, 3.05) is 7.05 Å². The van der Waals surface area contributed by atoms with Gasteiger partial charge < -0.3 is 0 Å². The van der Waals surface area contributed by atoms with E-state index in [9.17, 15) is 43.2 Å². The second kappa shape index (κ2) is 6.07. The Balaban J connectivity index is 0.000000341. The SMILES string of the molecule is CN1S(=O)(=O)C(F)(F)C(F)(F)C(F)(F)S1(=O)=O.[SH2+]c1ccccc1. The van der Waals surface area contributed by atoms with Crippen LogP contribution < -0.4 is 0 Å². The summed E-state index contributed by atoms with van der Waals surface area (Å²) >= 11 is 3.36. The molecule has 14 heteroatoms. The summed E-state index contributed by atoms with van der Waals surface area (Å²) in [7, 11) is -13.1. The summed E-state index contributed by atoms with van der Waals surface area (Å²) in [5.74, 6) is -6.57. The van der Waals surface area contributed by atoms with Crippen molar-refractivity contribution in [3.05, 3.63) is 30.3 Å². The summed E-state index contributed by atoms with van der Waals surface area (Å²) in [4.78, 5) is 1.13. The monoisotopic (exact) mass is 418 g/mol. The summed E-state index contributed by atoms with van der Waals surface area (Å²) in [6.07, 6.45) is 0. The Labute approximate surface area is 138 Å². The van der Waals surface area contributed by atoms with Gasteiger partial charge in [0.2, 0.25) is 0 Å². The van der Waals surface area contributed by atoms with E-state index in [1.54, 1.807) is 0 Å². The van der Waals surface area contributed by atoms with Gasteiger partial charge in [0, 0.05) is 7.05 Å². The van der Waals surface area contributed by atoms with Crippen LogP contribution in [0.25, 0.3) is 0 Å². The van der Waals surface area contributed by atoms with Crippen LogP contribution in [0.15, 0.2) is 35.2 Å². The number of sulfonamides is 2. The maximum Gasteiger partial charge on any atom is 0.429 e. The summed E-state index contributed by atoms with van der Waals surface area (Å²) < 4.78 is 118. The molecule has 1 aliphatic rings. The largest absolute Gasteiger partial charge is 0.429 e. The molecule has 1 aliphatic heterocycles. The molecule has 1 saturated heterocycles. The molecule has 24 heavy (non-hydrogen) atoms. The highest BCUT2D eigenvalue weighted by Gasteiger charge is 2.88. The molecule has 2 rings (SSSR count). The van der Waals surface area contributed by atoms with Crippen molar-refractivity contribution in [2.45, 2.75) is 21.3 Å². The lowest BCUT2D eigenvalue weighted by Crippen LogP contribution is -2.70. The van der Waals surface area contributed by atoms with E-state index in [2.05, 4.69) is 12.6 Å². The molecule has 0 spiro atoms. The Morgan fingerprint density at radius 1 is 0.833 bits per heavy atom. The smallest absolute Gasteiger partial charge is 0.205 e. The van der Waals surface area contributed by atoms with Gasteiger partial charge in [0.1, 0.15) is 4.90 Å². The van der Waals surface area contributed by atoms with Gasteiger partial charge in [0.25, 0.3) is 20.0 Å². The van der Waals surface area contributed by atoms with Crippen LogP contribution in [0.3, 0.4) is 0 Å². The van der Waals surface area contributed by atoms with Gasteiger partial charge in [0.05, 0.1) is 0 Å². The van der Waals surface area contributed by atoms with Crippen LogP contribution in [0.2, 0.25) is 0 Å². The lowest BCUT2D eigenvalue weighted by Gasteiger charge is -2.39. The Morgan fingerprint density at radius 3 is 1.42 bits per heavy atom. The van der Waals surface area contributed by atoms with Crippen molar-refractivity contribution in [1.29, 1.82) is 0 Å². The Bertz CT molecular complexity index is 762. The summed E-state index contributed by atoms with van der Waals surface area (Å²) in [5, 5.41) is -12.5. The first-order chi connectivity index (χ1) is 10.5. The van der Waals surface area contributed by atoms with Crippen molar-refractivity contribution in [3.8, 4) is 0 Å². The van der Waals surface area contributed by atoms with E-state index in [0.717, 1.165) is 4.90 Å². The number of rotatable bonds is 0. The minimum Gasteiger partial charge on any atom is -0.205 e. The Morgan fingerprint density at radius 2 is 1.17 bits per heavy atom. The standard InChI is InChI=1S/C6H6S.C4H3F6NO4S2/c7-6-4-2-1-3-5-6;1-11-16(12,13)3(7,8)2(5,6)4(9,10)17(11,14)15/h1-5,7H;1H3/p+1. The van der Waals surface area contributed by atoms with Crippen molar-refractivity contribution in [1.82, 2.24) is 3.71 Å². The van der Waals surface area contributed by atoms with Crippen LogP contribution in [-0.2, 0) is 32.7 Å². The van der Waals surface area contributed by atoms with Crippen LogP contribution in [-0.4, -0.2) is 44.0 Å². The average Bonchev–Trinajstić information content (AvgIpc) is 2.46. The molecule has 1 heterocycles. The highest BCUT2D eigenvalue weighted by molar-refractivity contribution is 8.05. The number of alkyl halides is 6. The van der Waals surface area contributed by atoms with Crippen LogP contribution in [0, 0.1) is 0 Å². The molecule has 0 radical (unpaired) electrons. The zero-order valence-corrected chi connectivity index (χ0v) is 14.2. The van der Waals surface area contributed by atoms with Crippen molar-refractivity contribution >= 4 is 32.7 Å². The molecule has 0 unspecified atom stereocenters. The molecule has 1 fully saturated rings. The van der Waals surface area contributed by atoms with Gasteiger partial charge in [-0.2, -0.15) is 26.3 Å². The van der Waals surface area contributed by atoms with Gasteiger partial charge in [0.15, 0.2) is 0 Å². The number of hydrogen-bond donors (Lipinski definition) is 0. The highest BCUT2D eigenvalue weighted by atomic mass is 32.3. The number of benzene rings is 1. The number of halogens is 6. The molecule has 0 aromatic heterocycles. The van der Waals surface area contributed by atoms with Gasteiger partial charge in [-0.3, -0.25) is 0 Å². The van der Waals surface area contributed by atoms with E-state index in [1.807, 2.05) is 30.3 Å². The molecule has 0 aliphatic carbocycles. The minimum atomic E-state index is -6.57. The lowest BCUT2D eigenvalue weighted by atomic mass is 10.3. The molecule has 1 aromatic carbocycles. The van der Waals surface area contributed by atoms with E-state index in [1.165, 1.54) is 0 Å². The van der Waals surface area contributed by atoms with Crippen molar-refractivity contribution in [3.63, 3.8) is 0 Å². The van der Waals surface area contributed by atoms with Crippen LogP contribution in [0.1, 0.15) is 0 Å². The number of hydrogen-bond acceptors (Lipinski definition) is 4. The molecule has 1 aromatic rings. The third kappa shape index (κ3) is 2.78. The van der Waals surface area contributed by atoms with Gasteiger partial charge in [-0.1, -0.05) is 21.9 Å². The molecule has 0 N–H and O–H groups in total. The molecular formula is C10H10F6NO4S3+. The second-order valence-electron chi connectivity index (χ2n) is 4.36. The molecular weight excluding hydrogens is 408 g/mol. The van der Waals surface area contributed by atoms with Gasteiger partial charge in [-0.25, -0.2) is 16.8 Å². The third-order valence-electron chi connectivity index (χ3n) is 2.83. The molecule has 0 saturated carbocycles. The van der Waals surface area contributed by atoms with Gasteiger partial charge >= 0.3 is 16.4 Å². The topological polar surface area (TPSA) is 71.5 Å². The zero-order chi connectivity index (χ0) is 19.2. The van der Waals surface area contributed by atoms with E-state index >= 15 is 0 Å². The van der Waals surface area contributed by atoms with Crippen LogP contribution in [0.5, 0.6) is 0 Å². The Hall–Kier alpha value is -0.990. The van der Waals surface area contributed by atoms with Gasteiger partial charge in [-0.05, 0) is 24.8 Å². The van der Waals surface area contributed by atoms with Crippen LogP contribution in [0.4, 0.5) is 26.3 Å². The fourth-order valence-corrected chi connectivity index (χ4v) is 4.79. The molecule has 5 nitrogen and oxygen atoms in total. The molecule has 0 amide bonds. The fourth-order valence-electron chi connectivity index (χ4n) is 1.38. The molecule has 138 valence electrons. The normalized spacial score (nSPS) is 26.0. The number of nitrogens with zero attached hydrogens (tertiary/aromatic N) is 1. The first kappa shape index (κ1) is 21.1. The third-order valence-corrected chi connectivity index (χ3v) is 7.50. The van der Waals surface area contributed by atoms with Crippen LogP contribution >= 0.6 is 0 Å². The fraction of sp³-hybridized carbons (Fsp3) is 0.400. The maximum absolute atomic E-state index is 12.7. The maximum atomic E-state index is 12.7. The zero-order valence-electron chi connectivity index (χ0n) is 11.6. The first-order valence-corrected chi connectivity index (χ1v) is 9.06. The molecule has 0 bridgehead atoms.